The molecule has 3 aromatic rings. The van der Waals surface area contributed by atoms with E-state index in [0.717, 1.165) is 89.9 Å². The first-order chi connectivity index (χ1) is 64.3. The van der Waals surface area contributed by atoms with E-state index in [9.17, 15) is 112 Å². The standard InChI is InChI=1S/C96H148N12O27/c1-96(2,108-88(119)77(99)60-69-61-100-63-105-69)82(113)62-104-78(33-22-25-55-103-86(117)75(97)31-18-15-17-29-70(109)42-48-79(94(130)131)107-85(116)52-41-68(93(128)129)58-71(110)30-16-11-7-3-5-9-13-26-56-134-73-44-35-65(36-45-73)90(122)123)81(112)50-39-64(89(120)121)28-20-23-54-102-87(118)76(98)32-21-24-53-101-83(114)51-40-67(92(126)127)59-72(111)43-49-80(95(132)133)106-84(115)34-19-12-8-4-6-10-14-27-57-135-74-46-37-66(38-47-74)91(124)125/h35-38,44-47,61,63-64,67-68,75-80,104H,3-34,39-43,48-60,62,97-99H2,1-2H3,(H,100,105)(H,101,114)(H,102,118)(H,103,117)(H,106,115)(H,107,116)(H,108,119)(H,120,121)(H,122,123)(H,124,125)(H,126,127)(H,128,129)(H,130,131)(H,132,133)/t64-,67-,68-,75+,76+,77+,78+,79+,80+/m1/s1. The highest BCUT2D eigenvalue weighted by Crippen LogP contribution is 2.24. The summed E-state index contributed by atoms with van der Waals surface area (Å²) in [6, 6.07) is 5.88. The van der Waals surface area contributed by atoms with Gasteiger partial charge >= 0.3 is 41.8 Å². The van der Waals surface area contributed by atoms with Crippen LogP contribution in [0.1, 0.15) is 323 Å². The molecular formula is C96H148N12O27. The fraction of sp³-hybridized carbons (Fsp3) is 0.656. The molecule has 2 aromatic carbocycles. The maximum Gasteiger partial charge on any atom is 0.335 e. The number of H-pyrrole nitrogens is 1. The molecule has 39 heteroatoms. The Labute approximate surface area is 789 Å². The molecule has 135 heavy (non-hydrogen) atoms. The van der Waals surface area contributed by atoms with Crippen LogP contribution in [0.25, 0.3) is 0 Å². The van der Waals surface area contributed by atoms with E-state index < -0.39 is 155 Å². The quantitative estimate of drug-likeness (QED) is 0.0234. The summed E-state index contributed by atoms with van der Waals surface area (Å²) in [6.45, 7) is 4.15. The normalized spacial score (nSPS) is 13.3. The van der Waals surface area contributed by atoms with E-state index in [1.54, 1.807) is 24.3 Å². The molecule has 0 saturated carbocycles. The summed E-state index contributed by atoms with van der Waals surface area (Å²) in [5.41, 5.74) is 18.0. The number of carboxylic acids is 7. The lowest BCUT2D eigenvalue weighted by atomic mass is 9.92. The second-order valence-electron chi connectivity index (χ2n) is 35.3. The van der Waals surface area contributed by atoms with E-state index in [4.69, 9.17) is 36.9 Å². The van der Waals surface area contributed by atoms with Crippen LogP contribution in [0.5, 0.6) is 11.5 Å². The molecule has 0 bridgehead atoms. The van der Waals surface area contributed by atoms with Gasteiger partial charge in [-0.2, -0.15) is 0 Å². The van der Waals surface area contributed by atoms with E-state index in [1.165, 1.54) is 50.6 Å². The SMILES string of the molecule is CC(C)(NC(=O)[C@@H](N)Cc1cnc[nH]1)C(=O)CN[C@@H](CCCCNC(=O)[C@@H](N)CCCCCC(=O)CC[C@H](NC(=O)CC[C@H](CC(=O)CCCCCCCCCCOc1ccc(C(=O)O)cc1)C(=O)O)C(=O)O)C(=O)CC[C@@H](CCCCNC(=O)[C@@H](N)CCCCNC(=O)CC[C@H](CC(=O)CC[C@H](NC(=O)CCCCCCCCCCOc1ccc(C(=O)O)cc1)C(=O)O)C(=O)O)C(=O)O. The van der Waals surface area contributed by atoms with Crippen molar-refractivity contribution in [3.05, 3.63) is 77.9 Å². The smallest absolute Gasteiger partial charge is 0.335 e. The van der Waals surface area contributed by atoms with E-state index in [0.29, 0.717) is 101 Å². The number of amides is 6. The van der Waals surface area contributed by atoms with E-state index >= 15 is 0 Å². The highest BCUT2D eigenvalue weighted by molar-refractivity contribution is 5.96. The molecule has 6 amide bonds. The van der Waals surface area contributed by atoms with Crippen molar-refractivity contribution in [1.29, 1.82) is 0 Å². The van der Waals surface area contributed by atoms with E-state index in [-0.39, 0.29) is 177 Å². The van der Waals surface area contributed by atoms with Crippen LogP contribution in [0, 0.1) is 17.8 Å². The number of rotatable bonds is 84. The highest BCUT2D eigenvalue weighted by atomic mass is 16.5. The van der Waals surface area contributed by atoms with Crippen LogP contribution in [0.3, 0.4) is 0 Å². The average Bonchev–Trinajstić information content (AvgIpc) is 1.69. The number of carbonyl (C=O) groups is 18. The number of hydrogen-bond donors (Lipinski definition) is 18. The molecule has 0 spiro atoms. The topological polar surface area (TPSA) is 658 Å². The molecule has 0 unspecified atom stereocenters. The number of aromatic amines is 1. The van der Waals surface area contributed by atoms with Gasteiger partial charge in [-0.25, -0.2) is 24.2 Å². The molecule has 0 fully saturated rings. The van der Waals surface area contributed by atoms with Crippen molar-refractivity contribution in [2.75, 3.05) is 39.4 Å². The number of nitrogens with two attached hydrogens (primary N) is 3. The van der Waals surface area contributed by atoms with Crippen LogP contribution < -0.4 is 63.9 Å². The first-order valence-electron chi connectivity index (χ1n) is 47.7. The number of Topliss-reactive ketones (excluding diaryl/α,β-unsaturated/α-hetero) is 5. The number of benzene rings is 2. The summed E-state index contributed by atoms with van der Waals surface area (Å²) in [5.74, 6) is -15.6. The lowest BCUT2D eigenvalue weighted by Crippen LogP contribution is -2.57. The summed E-state index contributed by atoms with van der Waals surface area (Å²) in [6.07, 6.45) is 19.2. The number of aromatic carboxylic acids is 2. The maximum atomic E-state index is 14.0. The second-order valence-corrected chi connectivity index (χ2v) is 35.3. The Morgan fingerprint density at radius 3 is 1.22 bits per heavy atom. The highest BCUT2D eigenvalue weighted by Gasteiger charge is 2.34. The molecule has 1 heterocycles. The number of carbonyl (C=O) groups excluding carboxylic acids is 11. The summed E-state index contributed by atoms with van der Waals surface area (Å²) < 4.78 is 11.3. The van der Waals surface area contributed by atoms with Gasteiger partial charge in [0.25, 0.3) is 0 Å². The second kappa shape index (κ2) is 68.5. The van der Waals surface area contributed by atoms with Crippen molar-refractivity contribution >= 4 is 106 Å². The van der Waals surface area contributed by atoms with Crippen LogP contribution in [-0.4, -0.2) is 233 Å². The van der Waals surface area contributed by atoms with Gasteiger partial charge < -0.3 is 105 Å². The Bertz CT molecular complexity index is 4170. The van der Waals surface area contributed by atoms with Crippen LogP contribution in [0.2, 0.25) is 0 Å². The molecule has 3 rings (SSSR count). The third-order valence-corrected chi connectivity index (χ3v) is 23.5. The number of ether oxygens (including phenoxy) is 2. The molecule has 0 radical (unpaired) electrons. The predicted molar refractivity (Wildman–Crippen MR) is 498 cm³/mol. The van der Waals surface area contributed by atoms with Gasteiger partial charge in [-0.1, -0.05) is 96.3 Å². The zero-order chi connectivity index (χ0) is 99.9. The van der Waals surface area contributed by atoms with Gasteiger partial charge in [0.1, 0.15) is 46.7 Å². The van der Waals surface area contributed by atoms with Crippen molar-refractivity contribution in [2.24, 2.45) is 35.0 Å². The number of ketones is 5. The van der Waals surface area contributed by atoms with Crippen molar-refractivity contribution in [1.82, 2.24) is 47.2 Å². The monoisotopic (exact) mass is 1900 g/mol. The van der Waals surface area contributed by atoms with Gasteiger partial charge in [-0.15, -0.1) is 0 Å². The summed E-state index contributed by atoms with van der Waals surface area (Å²) in [4.78, 5) is 233. The number of aliphatic carboxylic acids is 5. The number of hydrogen-bond acceptors (Lipinski definition) is 25. The summed E-state index contributed by atoms with van der Waals surface area (Å²) in [5, 5.41) is 86.2. The Hall–Kier alpha value is -11.5. The summed E-state index contributed by atoms with van der Waals surface area (Å²) >= 11 is 0. The van der Waals surface area contributed by atoms with Crippen molar-refractivity contribution in [2.45, 2.75) is 345 Å². The minimum atomic E-state index is -1.44. The maximum absolute atomic E-state index is 14.0. The van der Waals surface area contributed by atoms with E-state index in [2.05, 4.69) is 47.2 Å². The lowest BCUT2D eigenvalue weighted by Gasteiger charge is -2.28. The Morgan fingerprint density at radius 2 is 0.763 bits per heavy atom. The van der Waals surface area contributed by atoms with Gasteiger partial charge in [0, 0.05) is 102 Å². The van der Waals surface area contributed by atoms with E-state index in [1.807, 2.05) is 0 Å². The fourth-order valence-electron chi connectivity index (χ4n) is 15.0. The van der Waals surface area contributed by atoms with Crippen LogP contribution in [0.15, 0.2) is 61.1 Å². The van der Waals surface area contributed by atoms with Crippen LogP contribution in [0.4, 0.5) is 0 Å². The zero-order valence-corrected chi connectivity index (χ0v) is 78.5. The molecule has 754 valence electrons. The Kier molecular flexibility index (Phi) is 59.8. The van der Waals surface area contributed by atoms with Gasteiger partial charge in [-0.05, 0) is 184 Å². The molecule has 39 nitrogen and oxygen atoms in total. The lowest BCUT2D eigenvalue weighted by molar-refractivity contribution is -0.145. The fourth-order valence-corrected chi connectivity index (χ4v) is 15.0. The largest absolute Gasteiger partial charge is 0.494 e. The molecule has 0 aliphatic rings. The number of nitrogens with zero attached hydrogens (tertiary/aromatic N) is 1. The predicted octanol–water partition coefficient (Wildman–Crippen LogP) is 8.94. The molecular weight excluding hydrogens is 1750 g/mol. The van der Waals surface area contributed by atoms with Gasteiger partial charge in [0.15, 0.2) is 5.78 Å². The van der Waals surface area contributed by atoms with Gasteiger partial charge in [-0.3, -0.25) is 67.1 Å². The zero-order valence-electron chi connectivity index (χ0n) is 78.5. The third-order valence-electron chi connectivity index (χ3n) is 23.5. The number of carboxylic acid groups (broad SMARTS) is 7. The minimum absolute atomic E-state index is 0.0541. The Morgan fingerprint density at radius 1 is 0.370 bits per heavy atom. The minimum Gasteiger partial charge on any atom is -0.494 e. The van der Waals surface area contributed by atoms with Crippen LogP contribution in [-0.2, 0) is 83.1 Å². The van der Waals surface area contributed by atoms with Gasteiger partial charge in [0.2, 0.25) is 35.4 Å². The first-order valence-corrected chi connectivity index (χ1v) is 47.7. The molecule has 21 N–H and O–H groups in total. The first kappa shape index (κ1) is 118. The number of nitrogens with one attached hydrogen (secondary N) is 8. The molecule has 0 saturated heterocycles. The van der Waals surface area contributed by atoms with Crippen molar-refractivity contribution < 1.29 is 132 Å². The number of unbranched alkanes of at least 4 members (excludes halogenated alkanes) is 19. The number of imidazole rings is 1. The molecule has 9 atom stereocenters. The molecule has 0 aliphatic heterocycles. The average molecular weight is 1900 g/mol. The third kappa shape index (κ3) is 54.6. The molecule has 0 aliphatic carbocycles. The van der Waals surface area contributed by atoms with Crippen molar-refractivity contribution in [3.8, 4) is 11.5 Å². The number of aromatic nitrogens is 2. The molecule has 1 aromatic heterocycles. The summed E-state index contributed by atoms with van der Waals surface area (Å²) in [7, 11) is 0. The van der Waals surface area contributed by atoms with Gasteiger partial charge in [0.05, 0.1) is 84.7 Å². The van der Waals surface area contributed by atoms with Crippen LogP contribution >= 0.6 is 0 Å². The Balaban J connectivity index is 1.33. The van der Waals surface area contributed by atoms with Crippen molar-refractivity contribution in [3.63, 3.8) is 0 Å².